The average Bonchev–Trinajstić information content (AvgIpc) is 2.75. The van der Waals surface area contributed by atoms with Gasteiger partial charge in [-0.3, -0.25) is 4.90 Å². The summed E-state index contributed by atoms with van der Waals surface area (Å²) >= 11 is 0. The van der Waals surface area contributed by atoms with Crippen molar-refractivity contribution in [1.29, 1.82) is 0 Å². The van der Waals surface area contributed by atoms with Crippen molar-refractivity contribution in [2.75, 3.05) is 19.7 Å². The van der Waals surface area contributed by atoms with E-state index in [4.69, 9.17) is 9.84 Å². The first-order chi connectivity index (χ1) is 9.47. The number of hydrogen-bond donors (Lipinski definition) is 1. The summed E-state index contributed by atoms with van der Waals surface area (Å²) in [6.45, 7) is 5.56. The molecule has 0 radical (unpaired) electrons. The van der Waals surface area contributed by atoms with Crippen molar-refractivity contribution in [2.45, 2.75) is 38.3 Å². The fourth-order valence-corrected chi connectivity index (χ4v) is 3.44. The summed E-state index contributed by atoms with van der Waals surface area (Å²) in [4.78, 5) is 13.0. The molecule has 20 heavy (non-hydrogen) atoms. The van der Waals surface area contributed by atoms with Crippen LogP contribution < -0.4 is 0 Å². The van der Waals surface area contributed by atoms with E-state index in [0.717, 1.165) is 25.9 Å². The molecule has 0 bridgehead atoms. The molecule has 0 saturated carbocycles. The zero-order chi connectivity index (χ0) is 14.3. The summed E-state index contributed by atoms with van der Waals surface area (Å²) in [5, 5.41) is 8.70. The van der Waals surface area contributed by atoms with Crippen LogP contribution in [0.5, 0.6) is 0 Å². The molecule has 1 aromatic rings. The first kappa shape index (κ1) is 13.6. The number of likely N-dealkylation sites (tertiary alicyclic amines) is 1. The molecule has 4 heteroatoms. The molecule has 108 valence electrons. The summed E-state index contributed by atoms with van der Waals surface area (Å²) in [6.07, 6.45) is 2.30. The van der Waals surface area contributed by atoms with E-state index in [1.165, 1.54) is 16.7 Å². The third kappa shape index (κ3) is 2.45. The van der Waals surface area contributed by atoms with Crippen LogP contribution >= 0.6 is 0 Å². The van der Waals surface area contributed by atoms with E-state index in [9.17, 15) is 4.79 Å². The SMILES string of the molecule is Cc1ccc2c(c1)C(N1CC(C)(OCC(=O)O)C1)CC2. The molecule has 1 fully saturated rings. The van der Waals surface area contributed by atoms with Crippen molar-refractivity contribution in [3.05, 3.63) is 34.9 Å². The number of nitrogens with zero attached hydrogens (tertiary/aromatic N) is 1. The highest BCUT2D eigenvalue weighted by atomic mass is 16.5. The van der Waals surface area contributed by atoms with E-state index in [2.05, 4.69) is 30.0 Å². The van der Waals surface area contributed by atoms with E-state index in [-0.39, 0.29) is 12.2 Å². The lowest BCUT2D eigenvalue weighted by atomic mass is 9.92. The first-order valence-corrected chi connectivity index (χ1v) is 7.16. The van der Waals surface area contributed by atoms with E-state index in [0.29, 0.717) is 6.04 Å². The van der Waals surface area contributed by atoms with Gasteiger partial charge in [0.1, 0.15) is 6.61 Å². The molecule has 1 heterocycles. The van der Waals surface area contributed by atoms with Crippen molar-refractivity contribution >= 4 is 5.97 Å². The maximum Gasteiger partial charge on any atom is 0.329 e. The third-order valence-corrected chi connectivity index (χ3v) is 4.41. The number of hydrogen-bond acceptors (Lipinski definition) is 3. The zero-order valence-corrected chi connectivity index (χ0v) is 12.1. The number of carboxylic acid groups (broad SMARTS) is 1. The van der Waals surface area contributed by atoms with Gasteiger partial charge in [-0.15, -0.1) is 0 Å². The smallest absolute Gasteiger partial charge is 0.329 e. The normalized spacial score (nSPS) is 24.2. The van der Waals surface area contributed by atoms with Crippen molar-refractivity contribution < 1.29 is 14.6 Å². The van der Waals surface area contributed by atoms with Crippen LogP contribution in [0.25, 0.3) is 0 Å². The minimum Gasteiger partial charge on any atom is -0.480 e. The summed E-state index contributed by atoms with van der Waals surface area (Å²) in [5.74, 6) is -0.897. The monoisotopic (exact) mass is 275 g/mol. The summed E-state index contributed by atoms with van der Waals surface area (Å²) in [6, 6.07) is 7.19. The molecular weight excluding hydrogens is 254 g/mol. The summed E-state index contributed by atoms with van der Waals surface area (Å²) in [7, 11) is 0. The highest BCUT2D eigenvalue weighted by Gasteiger charge is 2.44. The highest BCUT2D eigenvalue weighted by Crippen LogP contribution is 2.41. The second-order valence-electron chi connectivity index (χ2n) is 6.29. The lowest BCUT2D eigenvalue weighted by molar-refractivity contribution is -0.169. The van der Waals surface area contributed by atoms with E-state index >= 15 is 0 Å². The van der Waals surface area contributed by atoms with Crippen LogP contribution in [-0.2, 0) is 16.0 Å². The molecule has 1 saturated heterocycles. The Hall–Kier alpha value is -1.39. The molecule has 0 amide bonds. The Labute approximate surface area is 119 Å². The lowest BCUT2D eigenvalue weighted by Crippen LogP contribution is -2.62. The Balaban J connectivity index is 1.64. The molecule has 2 aliphatic rings. The number of rotatable bonds is 4. The van der Waals surface area contributed by atoms with E-state index in [1.54, 1.807) is 0 Å². The fraction of sp³-hybridized carbons (Fsp3) is 0.562. The van der Waals surface area contributed by atoms with Gasteiger partial charge in [-0.05, 0) is 37.8 Å². The minimum absolute atomic E-state index is 0.204. The van der Waals surface area contributed by atoms with Crippen LogP contribution in [0.15, 0.2) is 18.2 Å². The highest BCUT2D eigenvalue weighted by molar-refractivity contribution is 5.68. The van der Waals surface area contributed by atoms with Gasteiger partial charge in [0.05, 0.1) is 5.60 Å². The molecule has 3 rings (SSSR count). The molecule has 0 aromatic heterocycles. The van der Waals surface area contributed by atoms with Crippen LogP contribution in [0.1, 0.15) is 36.1 Å². The molecule has 4 nitrogen and oxygen atoms in total. The maximum absolute atomic E-state index is 10.6. The molecule has 1 atom stereocenters. The fourth-order valence-electron chi connectivity index (χ4n) is 3.44. The van der Waals surface area contributed by atoms with Crippen LogP contribution in [0.3, 0.4) is 0 Å². The first-order valence-electron chi connectivity index (χ1n) is 7.16. The Kier molecular flexibility index (Phi) is 3.30. The number of aryl methyl sites for hydroxylation is 2. The maximum atomic E-state index is 10.6. The van der Waals surface area contributed by atoms with Crippen molar-refractivity contribution in [2.24, 2.45) is 0 Å². The van der Waals surface area contributed by atoms with Gasteiger partial charge in [0, 0.05) is 19.1 Å². The molecule has 1 aliphatic carbocycles. The van der Waals surface area contributed by atoms with Gasteiger partial charge in [0.15, 0.2) is 0 Å². The molecule has 1 unspecified atom stereocenters. The number of fused-ring (bicyclic) bond motifs is 1. The topological polar surface area (TPSA) is 49.8 Å². The third-order valence-electron chi connectivity index (χ3n) is 4.41. The van der Waals surface area contributed by atoms with Gasteiger partial charge in [0.25, 0.3) is 0 Å². The van der Waals surface area contributed by atoms with Gasteiger partial charge in [-0.1, -0.05) is 23.8 Å². The Morgan fingerprint density at radius 3 is 2.95 bits per heavy atom. The number of carbonyl (C=O) groups is 1. The van der Waals surface area contributed by atoms with Crippen molar-refractivity contribution in [3.63, 3.8) is 0 Å². The van der Waals surface area contributed by atoms with Crippen LogP contribution in [-0.4, -0.2) is 41.3 Å². The number of carboxylic acids is 1. The van der Waals surface area contributed by atoms with Crippen molar-refractivity contribution in [1.82, 2.24) is 4.90 Å². The number of benzene rings is 1. The molecule has 1 N–H and O–H groups in total. The molecular formula is C16H21NO3. The van der Waals surface area contributed by atoms with Crippen molar-refractivity contribution in [3.8, 4) is 0 Å². The Morgan fingerprint density at radius 1 is 1.50 bits per heavy atom. The average molecular weight is 275 g/mol. The lowest BCUT2D eigenvalue weighted by Gasteiger charge is -2.50. The molecule has 1 aliphatic heterocycles. The van der Waals surface area contributed by atoms with Gasteiger partial charge >= 0.3 is 5.97 Å². The number of ether oxygens (including phenoxy) is 1. The minimum atomic E-state index is -0.897. The summed E-state index contributed by atoms with van der Waals surface area (Å²) in [5.41, 5.74) is 3.91. The quantitative estimate of drug-likeness (QED) is 0.915. The van der Waals surface area contributed by atoms with Crippen LogP contribution in [0.4, 0.5) is 0 Å². The predicted octanol–water partition coefficient (Wildman–Crippen LogP) is 2.16. The predicted molar refractivity (Wildman–Crippen MR) is 75.8 cm³/mol. The second kappa shape index (κ2) is 4.86. The standard InChI is InChI=1S/C16H21NO3/c1-11-3-4-12-5-6-14(13(12)7-11)17-9-16(2,10-17)20-8-15(18)19/h3-4,7,14H,5-6,8-10H2,1-2H3,(H,18,19). The van der Waals surface area contributed by atoms with Gasteiger partial charge in [0.2, 0.25) is 0 Å². The Bertz CT molecular complexity index is 535. The van der Waals surface area contributed by atoms with Crippen LogP contribution in [0, 0.1) is 6.92 Å². The zero-order valence-electron chi connectivity index (χ0n) is 12.1. The number of aliphatic carboxylic acids is 1. The summed E-state index contributed by atoms with van der Waals surface area (Å²) < 4.78 is 5.49. The van der Waals surface area contributed by atoms with Gasteiger partial charge in [-0.2, -0.15) is 0 Å². The molecule has 0 spiro atoms. The van der Waals surface area contributed by atoms with Gasteiger partial charge < -0.3 is 9.84 Å². The largest absolute Gasteiger partial charge is 0.480 e. The Morgan fingerprint density at radius 2 is 2.25 bits per heavy atom. The van der Waals surface area contributed by atoms with Crippen LogP contribution in [0.2, 0.25) is 0 Å². The van der Waals surface area contributed by atoms with E-state index in [1.807, 2.05) is 6.92 Å². The molecule has 1 aromatic carbocycles. The van der Waals surface area contributed by atoms with Gasteiger partial charge in [-0.25, -0.2) is 4.79 Å². The van der Waals surface area contributed by atoms with E-state index < -0.39 is 5.97 Å². The second-order valence-corrected chi connectivity index (χ2v) is 6.29.